The molecule has 0 spiro atoms. The molecule has 0 aliphatic heterocycles. The molecule has 0 bridgehead atoms. The third-order valence-corrected chi connectivity index (χ3v) is 4.03. The zero-order valence-corrected chi connectivity index (χ0v) is 14.0. The summed E-state index contributed by atoms with van der Waals surface area (Å²) in [7, 11) is 3.90. The Morgan fingerprint density at radius 1 is 1.50 bits per heavy atom. The fourth-order valence-electron chi connectivity index (χ4n) is 1.57. The van der Waals surface area contributed by atoms with Crippen LogP contribution in [0.2, 0.25) is 0 Å². The van der Waals surface area contributed by atoms with Crippen LogP contribution in [0, 0.1) is 5.92 Å². The van der Waals surface area contributed by atoms with Gasteiger partial charge in [-0.3, -0.25) is 4.79 Å². The number of hydrogen-bond acceptors (Lipinski definition) is 5. The van der Waals surface area contributed by atoms with E-state index in [2.05, 4.69) is 26.3 Å². The average molecular weight is 347 g/mol. The Balaban J connectivity index is 2.86. The van der Waals surface area contributed by atoms with Crippen LogP contribution in [0.3, 0.4) is 0 Å². The van der Waals surface area contributed by atoms with Crippen LogP contribution in [0.5, 0.6) is 0 Å². The Morgan fingerprint density at radius 2 is 2.15 bits per heavy atom. The molecule has 1 aromatic rings. The molecule has 0 aliphatic rings. The summed E-state index contributed by atoms with van der Waals surface area (Å²) in [5.74, 6) is 0.0954. The number of aliphatic hydroxyl groups is 1. The first kappa shape index (κ1) is 17.1. The molecular formula is C13H23BrN4O2. The third-order valence-electron chi connectivity index (χ3n) is 3.27. The van der Waals surface area contributed by atoms with Gasteiger partial charge in [-0.05, 0) is 42.9 Å². The standard InChI is InChI=1S/C13H23BrN4O2/c1-9(8-19)10(2)16-11-7-15-18(6-5-17(3)4)13(20)12(11)14/h7,9-10,16,19H,5-6,8H2,1-4H3. The van der Waals surface area contributed by atoms with E-state index in [0.29, 0.717) is 16.7 Å². The van der Waals surface area contributed by atoms with Gasteiger partial charge in [-0.15, -0.1) is 0 Å². The van der Waals surface area contributed by atoms with Gasteiger partial charge in [0.2, 0.25) is 0 Å². The van der Waals surface area contributed by atoms with Crippen molar-refractivity contribution < 1.29 is 5.11 Å². The van der Waals surface area contributed by atoms with Crippen molar-refractivity contribution in [2.24, 2.45) is 5.92 Å². The van der Waals surface area contributed by atoms with Crippen molar-refractivity contribution in [1.82, 2.24) is 14.7 Å². The minimum atomic E-state index is -0.152. The zero-order chi connectivity index (χ0) is 15.3. The van der Waals surface area contributed by atoms with Crippen molar-refractivity contribution in [3.63, 3.8) is 0 Å². The molecule has 114 valence electrons. The van der Waals surface area contributed by atoms with Crippen LogP contribution in [0.25, 0.3) is 0 Å². The van der Waals surface area contributed by atoms with E-state index < -0.39 is 0 Å². The molecule has 2 atom stereocenters. The summed E-state index contributed by atoms with van der Waals surface area (Å²) in [6.07, 6.45) is 1.64. The van der Waals surface area contributed by atoms with Crippen molar-refractivity contribution in [3.05, 3.63) is 21.0 Å². The SMILES string of the molecule is CC(CO)C(C)Nc1cnn(CCN(C)C)c(=O)c1Br. The lowest BCUT2D eigenvalue weighted by Gasteiger charge is -2.21. The molecule has 1 aromatic heterocycles. The second-order valence-corrected chi connectivity index (χ2v) is 6.09. The number of aromatic nitrogens is 2. The molecule has 20 heavy (non-hydrogen) atoms. The predicted octanol–water partition coefficient (Wildman–Crippen LogP) is 0.996. The summed E-state index contributed by atoms with van der Waals surface area (Å²) in [5.41, 5.74) is 0.504. The lowest BCUT2D eigenvalue weighted by molar-refractivity contribution is 0.226. The predicted molar refractivity (Wildman–Crippen MR) is 84.1 cm³/mol. The molecule has 2 unspecified atom stereocenters. The van der Waals surface area contributed by atoms with E-state index in [0.717, 1.165) is 6.54 Å². The van der Waals surface area contributed by atoms with Gasteiger partial charge >= 0.3 is 0 Å². The highest BCUT2D eigenvalue weighted by Gasteiger charge is 2.15. The fraction of sp³-hybridized carbons (Fsp3) is 0.692. The van der Waals surface area contributed by atoms with Crippen LogP contribution < -0.4 is 10.9 Å². The zero-order valence-electron chi connectivity index (χ0n) is 12.4. The molecular weight excluding hydrogens is 324 g/mol. The number of nitrogens with zero attached hydrogens (tertiary/aromatic N) is 3. The topological polar surface area (TPSA) is 70.4 Å². The van der Waals surface area contributed by atoms with Crippen LogP contribution in [0.4, 0.5) is 5.69 Å². The second kappa shape index (κ2) is 7.75. The van der Waals surface area contributed by atoms with Gasteiger partial charge in [0.1, 0.15) is 4.47 Å². The van der Waals surface area contributed by atoms with Gasteiger partial charge in [0.05, 0.1) is 18.4 Å². The lowest BCUT2D eigenvalue weighted by atomic mass is 10.1. The summed E-state index contributed by atoms with van der Waals surface area (Å²) in [6.45, 7) is 5.30. The summed E-state index contributed by atoms with van der Waals surface area (Å²) in [6, 6.07) is 0.0510. The quantitative estimate of drug-likeness (QED) is 0.770. The van der Waals surface area contributed by atoms with Crippen molar-refractivity contribution in [2.75, 3.05) is 32.6 Å². The van der Waals surface area contributed by atoms with Gasteiger partial charge < -0.3 is 15.3 Å². The van der Waals surface area contributed by atoms with Crippen LogP contribution in [-0.4, -0.2) is 53.1 Å². The molecule has 0 radical (unpaired) electrons. The summed E-state index contributed by atoms with van der Waals surface area (Å²) < 4.78 is 1.92. The molecule has 0 saturated heterocycles. The first-order chi connectivity index (χ1) is 9.36. The first-order valence-corrected chi connectivity index (χ1v) is 7.43. The van der Waals surface area contributed by atoms with Crippen molar-refractivity contribution in [3.8, 4) is 0 Å². The number of aliphatic hydroxyl groups excluding tert-OH is 1. The lowest BCUT2D eigenvalue weighted by Crippen LogP contribution is -2.31. The van der Waals surface area contributed by atoms with Crippen molar-refractivity contribution in [2.45, 2.75) is 26.4 Å². The summed E-state index contributed by atoms with van der Waals surface area (Å²) >= 11 is 3.33. The van der Waals surface area contributed by atoms with Crippen LogP contribution >= 0.6 is 15.9 Å². The van der Waals surface area contributed by atoms with E-state index in [1.165, 1.54) is 4.68 Å². The Labute approximate surface area is 127 Å². The van der Waals surface area contributed by atoms with E-state index in [9.17, 15) is 4.79 Å². The Morgan fingerprint density at radius 3 is 2.70 bits per heavy atom. The maximum atomic E-state index is 12.2. The smallest absolute Gasteiger partial charge is 0.283 e. The number of anilines is 1. The van der Waals surface area contributed by atoms with E-state index in [1.54, 1.807) is 6.20 Å². The fourth-order valence-corrected chi connectivity index (χ4v) is 1.99. The molecule has 2 N–H and O–H groups in total. The number of rotatable bonds is 7. The molecule has 0 amide bonds. The van der Waals surface area contributed by atoms with Crippen LogP contribution in [-0.2, 0) is 6.54 Å². The molecule has 6 nitrogen and oxygen atoms in total. The minimum Gasteiger partial charge on any atom is -0.396 e. The summed E-state index contributed by atoms with van der Waals surface area (Å²) in [5, 5.41) is 16.5. The summed E-state index contributed by atoms with van der Waals surface area (Å²) in [4.78, 5) is 14.2. The molecule has 0 aliphatic carbocycles. The molecule has 1 heterocycles. The Hall–Kier alpha value is -0.920. The molecule has 0 saturated carbocycles. The van der Waals surface area contributed by atoms with Gasteiger partial charge in [0.15, 0.2) is 0 Å². The second-order valence-electron chi connectivity index (χ2n) is 5.30. The Kier molecular flexibility index (Phi) is 6.64. The normalized spacial score (nSPS) is 14.3. The van der Waals surface area contributed by atoms with Crippen molar-refractivity contribution >= 4 is 21.6 Å². The molecule has 7 heteroatoms. The van der Waals surface area contributed by atoms with Gasteiger partial charge in [0.25, 0.3) is 5.56 Å². The van der Waals surface area contributed by atoms with Gasteiger partial charge in [-0.25, -0.2) is 4.68 Å². The molecule has 1 rings (SSSR count). The molecule has 0 aromatic carbocycles. The van der Waals surface area contributed by atoms with Gasteiger partial charge in [0, 0.05) is 19.2 Å². The number of nitrogens with one attached hydrogen (secondary N) is 1. The van der Waals surface area contributed by atoms with Crippen LogP contribution in [0.1, 0.15) is 13.8 Å². The first-order valence-electron chi connectivity index (χ1n) is 6.64. The average Bonchev–Trinajstić information content (AvgIpc) is 2.41. The van der Waals surface area contributed by atoms with Crippen LogP contribution in [0.15, 0.2) is 15.5 Å². The Bertz CT molecular complexity index is 490. The number of likely N-dealkylation sites (N-methyl/N-ethyl adjacent to an activating group) is 1. The number of halogens is 1. The highest BCUT2D eigenvalue weighted by molar-refractivity contribution is 9.10. The highest BCUT2D eigenvalue weighted by Crippen LogP contribution is 2.19. The minimum absolute atomic E-state index is 0.0510. The van der Waals surface area contributed by atoms with E-state index in [4.69, 9.17) is 5.11 Å². The maximum Gasteiger partial charge on any atom is 0.283 e. The van der Waals surface area contributed by atoms with E-state index >= 15 is 0 Å². The monoisotopic (exact) mass is 346 g/mol. The van der Waals surface area contributed by atoms with E-state index in [1.807, 2.05) is 32.8 Å². The third kappa shape index (κ3) is 4.57. The van der Waals surface area contributed by atoms with Gasteiger partial charge in [-0.2, -0.15) is 5.10 Å². The largest absolute Gasteiger partial charge is 0.396 e. The number of hydrogen-bond donors (Lipinski definition) is 2. The van der Waals surface area contributed by atoms with Gasteiger partial charge in [-0.1, -0.05) is 6.92 Å². The van der Waals surface area contributed by atoms with Crippen molar-refractivity contribution in [1.29, 1.82) is 0 Å². The van der Waals surface area contributed by atoms with E-state index in [-0.39, 0.29) is 24.1 Å². The molecule has 0 fully saturated rings. The maximum absolute atomic E-state index is 12.2. The highest BCUT2D eigenvalue weighted by atomic mass is 79.9.